The summed E-state index contributed by atoms with van der Waals surface area (Å²) in [5, 5.41) is 0. The van der Waals surface area contributed by atoms with Gasteiger partial charge in [-0.1, -0.05) is 12.2 Å². The fraction of sp³-hybridized carbons (Fsp3) is 0.143. The van der Waals surface area contributed by atoms with Crippen molar-refractivity contribution in [2.24, 2.45) is 0 Å². The summed E-state index contributed by atoms with van der Waals surface area (Å²) in [6, 6.07) is 0. The monoisotopic (exact) mass is 334 g/mol. The highest BCUT2D eigenvalue weighted by atomic mass is 32.1. The Morgan fingerprint density at radius 3 is 1.18 bits per heavy atom. The lowest BCUT2D eigenvalue weighted by Crippen LogP contribution is -2.24. The molecule has 3 aromatic heterocycles. The van der Waals surface area contributed by atoms with Crippen LogP contribution in [0.4, 0.5) is 0 Å². The molecule has 0 aliphatic carbocycles. The SMILES string of the molecule is C=CCn1c(=O)c2sc3c(=O)n(CC=C)c(=O)c3sc2c1=O. The first kappa shape index (κ1) is 14.6. The van der Waals surface area contributed by atoms with Crippen LogP contribution in [0.5, 0.6) is 0 Å². The summed E-state index contributed by atoms with van der Waals surface area (Å²) in [7, 11) is 0. The molecule has 0 radical (unpaired) electrons. The van der Waals surface area contributed by atoms with Gasteiger partial charge < -0.3 is 0 Å². The van der Waals surface area contributed by atoms with E-state index in [1.807, 2.05) is 0 Å². The topological polar surface area (TPSA) is 78.1 Å². The van der Waals surface area contributed by atoms with Crippen molar-refractivity contribution in [1.82, 2.24) is 9.13 Å². The predicted molar refractivity (Wildman–Crippen MR) is 89.8 cm³/mol. The van der Waals surface area contributed by atoms with E-state index in [0.29, 0.717) is 0 Å². The Kier molecular flexibility index (Phi) is 3.42. The maximum absolute atomic E-state index is 12.2. The van der Waals surface area contributed by atoms with E-state index in [2.05, 4.69) is 13.2 Å². The molecule has 0 N–H and O–H groups in total. The van der Waals surface area contributed by atoms with E-state index in [1.165, 1.54) is 12.2 Å². The van der Waals surface area contributed by atoms with Crippen LogP contribution in [0.15, 0.2) is 44.5 Å². The lowest BCUT2D eigenvalue weighted by molar-refractivity contribution is 0.776. The molecule has 0 saturated carbocycles. The Bertz CT molecular complexity index is 980. The summed E-state index contributed by atoms with van der Waals surface area (Å²) in [6.45, 7) is 7.21. The fourth-order valence-corrected chi connectivity index (χ4v) is 4.64. The van der Waals surface area contributed by atoms with Gasteiger partial charge in [0.15, 0.2) is 0 Å². The molecule has 0 aromatic carbocycles. The van der Waals surface area contributed by atoms with Crippen molar-refractivity contribution in [3.8, 4) is 0 Å². The first-order valence-corrected chi connectivity index (χ1v) is 7.93. The Labute approximate surface area is 130 Å². The summed E-state index contributed by atoms with van der Waals surface area (Å²) in [4.78, 5) is 49.0. The van der Waals surface area contributed by atoms with Gasteiger partial charge in [-0.05, 0) is 0 Å². The standard InChI is InChI=1S/C14H10N2O4S2/c1-3-5-15-11(17)7-8(12(15)18)22-10-9(21-7)13(19)16(6-4-2)14(10)20/h3-4H,1-2,5-6H2. The number of rotatable bonds is 4. The quantitative estimate of drug-likeness (QED) is 0.666. The summed E-state index contributed by atoms with van der Waals surface area (Å²) in [5.74, 6) is 0. The van der Waals surface area contributed by atoms with Crippen LogP contribution in [-0.4, -0.2) is 9.13 Å². The summed E-state index contributed by atoms with van der Waals surface area (Å²) in [5.41, 5.74) is -1.81. The molecule has 0 saturated heterocycles. The Balaban J connectivity index is 2.52. The number of hydrogen-bond acceptors (Lipinski definition) is 6. The smallest absolute Gasteiger partial charge is 0.269 e. The van der Waals surface area contributed by atoms with Gasteiger partial charge in [0.05, 0.1) is 0 Å². The van der Waals surface area contributed by atoms with Crippen LogP contribution in [0.3, 0.4) is 0 Å². The fourth-order valence-electron chi connectivity index (χ4n) is 2.22. The van der Waals surface area contributed by atoms with Crippen molar-refractivity contribution >= 4 is 41.5 Å². The average Bonchev–Trinajstić information content (AvgIpc) is 2.88. The van der Waals surface area contributed by atoms with Crippen LogP contribution in [0.25, 0.3) is 18.8 Å². The number of aromatic nitrogens is 2. The van der Waals surface area contributed by atoms with E-state index in [-0.39, 0.29) is 31.9 Å². The highest BCUT2D eigenvalue weighted by Gasteiger charge is 2.20. The third-order valence-corrected chi connectivity index (χ3v) is 5.79. The summed E-state index contributed by atoms with van der Waals surface area (Å²) >= 11 is 1.80. The highest BCUT2D eigenvalue weighted by Crippen LogP contribution is 2.25. The molecule has 0 aliphatic rings. The number of allylic oxidation sites excluding steroid dienone is 2. The second-order valence-electron chi connectivity index (χ2n) is 4.54. The number of hydrogen-bond donors (Lipinski definition) is 0. The predicted octanol–water partition coefficient (Wildman–Crippen LogP) is 0.970. The normalized spacial score (nSPS) is 11.3. The molecular formula is C14H10N2O4S2. The zero-order valence-corrected chi connectivity index (χ0v) is 13.0. The zero-order valence-electron chi connectivity index (χ0n) is 11.3. The largest absolute Gasteiger partial charge is 0.272 e. The second kappa shape index (κ2) is 5.15. The Hall–Kier alpha value is -2.32. The van der Waals surface area contributed by atoms with Gasteiger partial charge in [-0.25, -0.2) is 0 Å². The van der Waals surface area contributed by atoms with E-state index >= 15 is 0 Å². The molecule has 0 bridgehead atoms. The number of nitrogens with zero attached hydrogens (tertiary/aromatic N) is 2. The Morgan fingerprint density at radius 2 is 0.955 bits per heavy atom. The van der Waals surface area contributed by atoms with E-state index in [4.69, 9.17) is 0 Å². The molecule has 6 nitrogen and oxygen atoms in total. The molecule has 0 atom stereocenters. The van der Waals surface area contributed by atoms with Crippen LogP contribution in [0.2, 0.25) is 0 Å². The van der Waals surface area contributed by atoms with Crippen molar-refractivity contribution in [2.45, 2.75) is 13.1 Å². The lowest BCUT2D eigenvalue weighted by Gasteiger charge is -1.90. The molecule has 112 valence electrons. The van der Waals surface area contributed by atoms with Gasteiger partial charge in [0.2, 0.25) is 0 Å². The lowest BCUT2D eigenvalue weighted by atomic mass is 10.6. The first-order chi connectivity index (χ1) is 10.5. The maximum Gasteiger partial charge on any atom is 0.272 e. The highest BCUT2D eigenvalue weighted by molar-refractivity contribution is 7.36. The van der Waals surface area contributed by atoms with Crippen molar-refractivity contribution in [2.75, 3.05) is 0 Å². The van der Waals surface area contributed by atoms with Gasteiger partial charge in [0.25, 0.3) is 22.2 Å². The molecule has 0 spiro atoms. The Morgan fingerprint density at radius 1 is 0.682 bits per heavy atom. The molecule has 8 heteroatoms. The third-order valence-electron chi connectivity index (χ3n) is 3.20. The molecule has 0 fully saturated rings. The van der Waals surface area contributed by atoms with Gasteiger partial charge in [0.1, 0.15) is 18.8 Å². The molecule has 0 unspecified atom stereocenters. The minimum Gasteiger partial charge on any atom is -0.269 e. The molecule has 0 amide bonds. The van der Waals surface area contributed by atoms with Gasteiger partial charge in [-0.3, -0.25) is 28.3 Å². The van der Waals surface area contributed by atoms with E-state index in [9.17, 15) is 19.2 Å². The van der Waals surface area contributed by atoms with Crippen molar-refractivity contribution in [1.29, 1.82) is 0 Å². The van der Waals surface area contributed by atoms with Crippen molar-refractivity contribution < 1.29 is 0 Å². The van der Waals surface area contributed by atoms with Gasteiger partial charge in [0, 0.05) is 13.1 Å². The molecule has 3 rings (SSSR count). The van der Waals surface area contributed by atoms with E-state index in [0.717, 1.165) is 31.8 Å². The van der Waals surface area contributed by atoms with Crippen LogP contribution in [0.1, 0.15) is 0 Å². The van der Waals surface area contributed by atoms with Crippen LogP contribution in [-0.2, 0) is 13.1 Å². The molecule has 3 aromatic rings. The second-order valence-corrected chi connectivity index (χ2v) is 6.58. The first-order valence-electron chi connectivity index (χ1n) is 6.29. The maximum atomic E-state index is 12.2. The minimum absolute atomic E-state index is 0.0982. The molecule has 3 heterocycles. The van der Waals surface area contributed by atoms with Gasteiger partial charge in [-0.2, -0.15) is 0 Å². The van der Waals surface area contributed by atoms with Crippen LogP contribution >= 0.6 is 22.7 Å². The average molecular weight is 334 g/mol. The minimum atomic E-state index is -0.452. The van der Waals surface area contributed by atoms with E-state index < -0.39 is 22.2 Å². The number of fused-ring (bicyclic) bond motifs is 2. The molecule has 0 aliphatic heterocycles. The van der Waals surface area contributed by atoms with E-state index in [1.54, 1.807) is 0 Å². The summed E-state index contributed by atoms with van der Waals surface area (Å²) < 4.78 is 2.93. The third kappa shape index (κ3) is 1.84. The van der Waals surface area contributed by atoms with Crippen LogP contribution < -0.4 is 22.2 Å². The summed E-state index contributed by atoms with van der Waals surface area (Å²) in [6.07, 6.45) is 2.90. The van der Waals surface area contributed by atoms with Crippen LogP contribution in [0, 0.1) is 0 Å². The van der Waals surface area contributed by atoms with Crippen molar-refractivity contribution in [3.63, 3.8) is 0 Å². The molecule has 22 heavy (non-hydrogen) atoms. The van der Waals surface area contributed by atoms with Crippen molar-refractivity contribution in [3.05, 3.63) is 66.7 Å². The zero-order chi connectivity index (χ0) is 16.0. The molecular weight excluding hydrogens is 324 g/mol. The van der Waals surface area contributed by atoms with Gasteiger partial charge in [-0.15, -0.1) is 35.8 Å². The van der Waals surface area contributed by atoms with Gasteiger partial charge >= 0.3 is 0 Å².